The summed E-state index contributed by atoms with van der Waals surface area (Å²) >= 11 is 0. The van der Waals surface area contributed by atoms with Gasteiger partial charge in [0.1, 0.15) is 0 Å². The molecule has 0 atom stereocenters. The highest BCUT2D eigenvalue weighted by Gasteiger charge is 1.95. The normalized spacial score (nSPS) is 9.68. The Morgan fingerprint density at radius 2 is 1.18 bits per heavy atom. The molecule has 0 amide bonds. The van der Waals surface area contributed by atoms with E-state index in [2.05, 4.69) is 71.3 Å². The fourth-order valence-electron chi connectivity index (χ4n) is 2.08. The summed E-state index contributed by atoms with van der Waals surface area (Å²) < 4.78 is 0. The van der Waals surface area contributed by atoms with Crippen LogP contribution in [0.5, 0.6) is 0 Å². The van der Waals surface area contributed by atoms with E-state index in [9.17, 15) is 0 Å². The van der Waals surface area contributed by atoms with Crippen molar-refractivity contribution in [2.24, 2.45) is 5.73 Å². The molecule has 5 heteroatoms. The molecule has 0 aliphatic carbocycles. The predicted molar refractivity (Wildman–Crippen MR) is 93.3 cm³/mol. The fourth-order valence-corrected chi connectivity index (χ4v) is 2.08. The third kappa shape index (κ3) is 3.96. The highest BCUT2D eigenvalue weighted by Crippen LogP contribution is 2.21. The minimum atomic E-state index is -0.232. The van der Waals surface area contributed by atoms with Crippen LogP contribution in [0.15, 0.2) is 60.7 Å². The summed E-state index contributed by atoms with van der Waals surface area (Å²) in [7, 11) is 1.57. The highest BCUT2D eigenvalue weighted by molar-refractivity contribution is 5.98. The molecule has 5 nitrogen and oxygen atoms in total. The number of hydrogen-bond acceptors (Lipinski definition) is 2. The number of nitrogens with one attached hydrogen (secondary N) is 4. The molecule has 0 saturated heterocycles. The van der Waals surface area contributed by atoms with Gasteiger partial charge >= 0.3 is 0 Å². The Bertz CT molecular complexity index is 705. The fraction of sp³-hybridized carbons (Fsp3) is 0.0588. The molecule has 112 valence electrons. The molecule has 0 aliphatic heterocycles. The molecule has 0 radical (unpaired) electrons. The van der Waals surface area contributed by atoms with E-state index in [-0.39, 0.29) is 11.9 Å². The first-order chi connectivity index (χ1) is 10.6. The standard InChI is InChI=1S/C14H10.C3H9N5/c1-2-6-12-10-14-8-4-3-7-13(14)9-11(12)5-1;1-7-3(6)8-2(4)5/h1-10H;1H3,(H6,4,5,6,7,8). The van der Waals surface area contributed by atoms with Gasteiger partial charge in [0.15, 0.2) is 11.9 Å². The van der Waals surface area contributed by atoms with E-state index in [1.165, 1.54) is 21.5 Å². The molecule has 3 rings (SSSR count). The smallest absolute Gasteiger partial charge is 0.194 e. The molecule has 0 saturated carbocycles. The lowest BCUT2D eigenvalue weighted by molar-refractivity contribution is 1.05. The van der Waals surface area contributed by atoms with Crippen molar-refractivity contribution < 1.29 is 0 Å². The molecule has 22 heavy (non-hydrogen) atoms. The van der Waals surface area contributed by atoms with Crippen molar-refractivity contribution in [1.29, 1.82) is 10.8 Å². The summed E-state index contributed by atoms with van der Waals surface area (Å²) in [5, 5.41) is 23.4. The number of guanidine groups is 2. The maximum atomic E-state index is 6.82. The van der Waals surface area contributed by atoms with Crippen molar-refractivity contribution in [2.45, 2.75) is 0 Å². The zero-order valence-electron chi connectivity index (χ0n) is 12.4. The lowest BCUT2D eigenvalue weighted by Crippen LogP contribution is -2.41. The van der Waals surface area contributed by atoms with E-state index in [4.69, 9.17) is 16.6 Å². The molecule has 0 aromatic heterocycles. The molecule has 3 aromatic carbocycles. The maximum absolute atomic E-state index is 6.82. The Morgan fingerprint density at radius 1 is 0.818 bits per heavy atom. The Kier molecular flexibility index (Phi) is 4.93. The Balaban J connectivity index is 0.000000192. The van der Waals surface area contributed by atoms with Crippen molar-refractivity contribution in [1.82, 2.24) is 10.6 Å². The highest BCUT2D eigenvalue weighted by atomic mass is 15.2. The van der Waals surface area contributed by atoms with E-state index < -0.39 is 0 Å². The van der Waals surface area contributed by atoms with Gasteiger partial charge in [0.2, 0.25) is 0 Å². The van der Waals surface area contributed by atoms with Crippen LogP contribution < -0.4 is 16.4 Å². The number of nitrogens with two attached hydrogens (primary N) is 1. The number of rotatable bonds is 0. The van der Waals surface area contributed by atoms with Crippen LogP contribution in [0.4, 0.5) is 0 Å². The summed E-state index contributed by atoms with van der Waals surface area (Å²) in [5.41, 5.74) is 4.86. The van der Waals surface area contributed by atoms with Gasteiger partial charge in [0.05, 0.1) is 0 Å². The van der Waals surface area contributed by atoms with Gasteiger partial charge in [0.25, 0.3) is 0 Å². The minimum absolute atomic E-state index is 0.0255. The first-order valence-electron chi connectivity index (χ1n) is 6.85. The molecule has 0 heterocycles. The van der Waals surface area contributed by atoms with Gasteiger partial charge in [-0.05, 0) is 33.7 Å². The zero-order chi connectivity index (χ0) is 15.9. The van der Waals surface area contributed by atoms with Gasteiger partial charge in [0, 0.05) is 7.05 Å². The van der Waals surface area contributed by atoms with Crippen molar-refractivity contribution in [2.75, 3.05) is 7.05 Å². The van der Waals surface area contributed by atoms with Gasteiger partial charge in [-0.3, -0.25) is 16.1 Å². The summed E-state index contributed by atoms with van der Waals surface area (Å²) in [6.07, 6.45) is 0. The maximum Gasteiger partial charge on any atom is 0.194 e. The van der Waals surface area contributed by atoms with Crippen molar-refractivity contribution in [3.8, 4) is 0 Å². The number of benzene rings is 3. The second-order valence-corrected chi connectivity index (χ2v) is 4.71. The molecule has 0 aliphatic rings. The SMILES string of the molecule is CNC(=N)NC(=N)N.c1ccc2cc3ccccc3cc2c1. The molecule has 0 bridgehead atoms. The van der Waals surface area contributed by atoms with Crippen molar-refractivity contribution in [3.05, 3.63) is 60.7 Å². The molecule has 6 N–H and O–H groups in total. The van der Waals surface area contributed by atoms with Crippen LogP contribution >= 0.6 is 0 Å². The summed E-state index contributed by atoms with van der Waals surface area (Å²) in [5.74, 6) is -0.207. The van der Waals surface area contributed by atoms with Crippen LogP contribution in [0.2, 0.25) is 0 Å². The summed E-state index contributed by atoms with van der Waals surface area (Å²) in [4.78, 5) is 0. The summed E-state index contributed by atoms with van der Waals surface area (Å²) in [6, 6.07) is 21.4. The molecular weight excluding hydrogens is 274 g/mol. The zero-order valence-corrected chi connectivity index (χ0v) is 12.4. The third-order valence-corrected chi connectivity index (χ3v) is 3.12. The van der Waals surface area contributed by atoms with E-state index in [1.807, 2.05) is 0 Å². The van der Waals surface area contributed by atoms with Crippen LogP contribution in [-0.2, 0) is 0 Å². The summed E-state index contributed by atoms with van der Waals surface area (Å²) in [6.45, 7) is 0. The third-order valence-electron chi connectivity index (χ3n) is 3.12. The van der Waals surface area contributed by atoms with Crippen molar-refractivity contribution in [3.63, 3.8) is 0 Å². The van der Waals surface area contributed by atoms with E-state index in [0.717, 1.165) is 0 Å². The average Bonchev–Trinajstić information content (AvgIpc) is 2.52. The van der Waals surface area contributed by atoms with E-state index in [0.29, 0.717) is 0 Å². The van der Waals surface area contributed by atoms with Gasteiger partial charge in [-0.15, -0.1) is 0 Å². The monoisotopic (exact) mass is 293 g/mol. The molecular formula is C17H19N5. The molecule has 0 spiro atoms. The number of fused-ring (bicyclic) bond motifs is 2. The topological polar surface area (TPSA) is 97.8 Å². The largest absolute Gasteiger partial charge is 0.370 e. The van der Waals surface area contributed by atoms with Gasteiger partial charge in [-0.2, -0.15) is 0 Å². The Labute approximate surface area is 129 Å². The van der Waals surface area contributed by atoms with E-state index in [1.54, 1.807) is 7.05 Å². The van der Waals surface area contributed by atoms with Gasteiger partial charge in [-0.1, -0.05) is 48.5 Å². The van der Waals surface area contributed by atoms with Crippen LogP contribution in [0.3, 0.4) is 0 Å². The van der Waals surface area contributed by atoms with Crippen LogP contribution in [0.1, 0.15) is 0 Å². The lowest BCUT2D eigenvalue weighted by atomic mass is 10.0. The number of hydrogen-bond donors (Lipinski definition) is 5. The van der Waals surface area contributed by atoms with E-state index >= 15 is 0 Å². The van der Waals surface area contributed by atoms with Crippen molar-refractivity contribution >= 4 is 33.5 Å². The Morgan fingerprint density at radius 3 is 1.41 bits per heavy atom. The molecule has 3 aromatic rings. The van der Waals surface area contributed by atoms with Gasteiger partial charge < -0.3 is 11.1 Å². The average molecular weight is 293 g/mol. The van der Waals surface area contributed by atoms with Crippen LogP contribution in [0.25, 0.3) is 21.5 Å². The second-order valence-electron chi connectivity index (χ2n) is 4.71. The molecule has 0 unspecified atom stereocenters. The molecule has 0 fully saturated rings. The Hall–Kier alpha value is -3.08. The van der Waals surface area contributed by atoms with Crippen LogP contribution in [0, 0.1) is 10.8 Å². The second kappa shape index (κ2) is 7.08. The minimum Gasteiger partial charge on any atom is -0.370 e. The lowest BCUT2D eigenvalue weighted by Gasteiger charge is -2.01. The quantitative estimate of drug-likeness (QED) is 0.250. The predicted octanol–water partition coefficient (Wildman–Crippen LogP) is 2.62. The first kappa shape index (κ1) is 15.3. The first-order valence-corrected chi connectivity index (χ1v) is 6.85. The van der Waals surface area contributed by atoms with Crippen LogP contribution in [-0.4, -0.2) is 19.0 Å². The van der Waals surface area contributed by atoms with Gasteiger partial charge in [-0.25, -0.2) is 0 Å².